The van der Waals surface area contributed by atoms with Crippen molar-refractivity contribution in [1.82, 2.24) is 10.1 Å². The van der Waals surface area contributed by atoms with Crippen LogP contribution in [0, 0.1) is 5.82 Å². The highest BCUT2D eigenvalue weighted by molar-refractivity contribution is 6.33. The minimum atomic E-state index is -0.418. The van der Waals surface area contributed by atoms with Crippen LogP contribution in [-0.4, -0.2) is 23.9 Å². The van der Waals surface area contributed by atoms with Gasteiger partial charge in [-0.25, -0.2) is 4.39 Å². The molecule has 0 saturated heterocycles. The standard InChI is InChI=1S/C13H15ClFN3O2/c1-19-6-2-3-11(16)13-17-12(18-20-13)9-5-4-8(15)7-10(9)14/h4-5,7,11H,2-3,6,16H2,1H3. The monoisotopic (exact) mass is 299 g/mol. The van der Waals surface area contributed by atoms with Gasteiger partial charge in [0.25, 0.3) is 0 Å². The zero-order chi connectivity index (χ0) is 14.5. The molecule has 2 rings (SSSR count). The summed E-state index contributed by atoms with van der Waals surface area (Å²) in [5, 5.41) is 4.05. The molecule has 5 nitrogen and oxygen atoms in total. The Kier molecular flexibility index (Phi) is 5.05. The van der Waals surface area contributed by atoms with E-state index in [9.17, 15) is 4.39 Å². The Hall–Kier alpha value is -1.50. The molecule has 1 aromatic heterocycles. The summed E-state index contributed by atoms with van der Waals surface area (Å²) in [6.07, 6.45) is 1.47. The number of ether oxygens (including phenoxy) is 1. The van der Waals surface area contributed by atoms with E-state index in [-0.39, 0.29) is 11.1 Å². The number of halogens is 2. The van der Waals surface area contributed by atoms with Crippen molar-refractivity contribution in [2.75, 3.05) is 13.7 Å². The van der Waals surface area contributed by atoms with Crippen molar-refractivity contribution in [3.05, 3.63) is 34.9 Å². The van der Waals surface area contributed by atoms with Crippen LogP contribution in [0.4, 0.5) is 4.39 Å². The average molecular weight is 300 g/mol. The normalized spacial score (nSPS) is 12.6. The Morgan fingerprint density at radius 2 is 2.30 bits per heavy atom. The highest BCUT2D eigenvalue weighted by Crippen LogP contribution is 2.27. The third kappa shape index (κ3) is 3.53. The molecule has 0 bridgehead atoms. The molecule has 0 aliphatic carbocycles. The molecular formula is C13H15ClFN3O2. The predicted molar refractivity (Wildman–Crippen MR) is 72.7 cm³/mol. The molecular weight excluding hydrogens is 285 g/mol. The van der Waals surface area contributed by atoms with E-state index in [1.165, 1.54) is 18.2 Å². The van der Waals surface area contributed by atoms with Gasteiger partial charge in [-0.2, -0.15) is 4.98 Å². The fourth-order valence-electron chi connectivity index (χ4n) is 1.74. The fourth-order valence-corrected chi connectivity index (χ4v) is 1.99. The Morgan fingerprint density at radius 1 is 1.50 bits per heavy atom. The van der Waals surface area contributed by atoms with Crippen LogP contribution in [0.2, 0.25) is 5.02 Å². The van der Waals surface area contributed by atoms with Gasteiger partial charge >= 0.3 is 0 Å². The van der Waals surface area contributed by atoms with Crippen molar-refractivity contribution in [3.63, 3.8) is 0 Å². The predicted octanol–water partition coefficient (Wildman–Crippen LogP) is 2.96. The van der Waals surface area contributed by atoms with Gasteiger partial charge in [0, 0.05) is 19.3 Å². The summed E-state index contributed by atoms with van der Waals surface area (Å²) in [7, 11) is 1.63. The lowest BCUT2D eigenvalue weighted by Crippen LogP contribution is -2.11. The smallest absolute Gasteiger partial charge is 0.243 e. The number of nitrogens with zero attached hydrogens (tertiary/aromatic N) is 2. The Labute approximate surface area is 120 Å². The Balaban J connectivity index is 2.12. The summed E-state index contributed by atoms with van der Waals surface area (Å²) < 4.78 is 23.1. The molecule has 7 heteroatoms. The highest BCUT2D eigenvalue weighted by atomic mass is 35.5. The van der Waals surface area contributed by atoms with Crippen LogP contribution < -0.4 is 5.73 Å². The van der Waals surface area contributed by atoms with E-state index in [4.69, 9.17) is 26.6 Å². The van der Waals surface area contributed by atoms with Crippen LogP contribution in [0.15, 0.2) is 22.7 Å². The summed E-state index contributed by atoms with van der Waals surface area (Å²) in [5.41, 5.74) is 6.45. The van der Waals surface area contributed by atoms with Crippen LogP contribution in [0.25, 0.3) is 11.4 Å². The van der Waals surface area contributed by atoms with Gasteiger partial charge in [0.15, 0.2) is 0 Å². The van der Waals surface area contributed by atoms with Crippen molar-refractivity contribution >= 4 is 11.6 Å². The van der Waals surface area contributed by atoms with Gasteiger partial charge in [0.1, 0.15) is 5.82 Å². The summed E-state index contributed by atoms with van der Waals surface area (Å²) >= 11 is 5.95. The lowest BCUT2D eigenvalue weighted by Gasteiger charge is -2.05. The number of methoxy groups -OCH3 is 1. The zero-order valence-electron chi connectivity index (χ0n) is 11.0. The molecule has 0 aliphatic rings. The second kappa shape index (κ2) is 6.78. The number of rotatable bonds is 6. The molecule has 1 heterocycles. The van der Waals surface area contributed by atoms with E-state index in [0.29, 0.717) is 30.3 Å². The third-order valence-corrected chi connectivity index (χ3v) is 3.11. The van der Waals surface area contributed by atoms with Crippen LogP contribution in [0.3, 0.4) is 0 Å². The summed E-state index contributed by atoms with van der Waals surface area (Å²) in [5.74, 6) is 0.211. The molecule has 0 aliphatic heterocycles. The number of aromatic nitrogens is 2. The van der Waals surface area contributed by atoms with E-state index in [1.807, 2.05) is 0 Å². The molecule has 0 spiro atoms. The lowest BCUT2D eigenvalue weighted by atomic mass is 10.1. The molecule has 1 aromatic carbocycles. The largest absolute Gasteiger partial charge is 0.385 e. The Morgan fingerprint density at radius 3 is 3.00 bits per heavy atom. The molecule has 0 saturated carbocycles. The fraction of sp³-hybridized carbons (Fsp3) is 0.385. The zero-order valence-corrected chi connectivity index (χ0v) is 11.7. The average Bonchev–Trinajstić information content (AvgIpc) is 2.88. The van der Waals surface area contributed by atoms with Crippen molar-refractivity contribution in [1.29, 1.82) is 0 Å². The Bertz CT molecular complexity index is 576. The molecule has 1 unspecified atom stereocenters. The second-order valence-corrected chi connectivity index (χ2v) is 4.73. The van der Waals surface area contributed by atoms with Crippen molar-refractivity contribution < 1.29 is 13.7 Å². The minimum Gasteiger partial charge on any atom is -0.385 e. The van der Waals surface area contributed by atoms with Crippen molar-refractivity contribution in [2.24, 2.45) is 5.73 Å². The van der Waals surface area contributed by atoms with Crippen molar-refractivity contribution in [2.45, 2.75) is 18.9 Å². The molecule has 0 fully saturated rings. The quantitative estimate of drug-likeness (QED) is 0.830. The number of nitrogens with two attached hydrogens (primary N) is 1. The first kappa shape index (κ1) is 14.9. The van der Waals surface area contributed by atoms with Crippen LogP contribution in [0.5, 0.6) is 0 Å². The van der Waals surface area contributed by atoms with Gasteiger partial charge in [0.2, 0.25) is 11.7 Å². The van der Waals surface area contributed by atoms with E-state index in [1.54, 1.807) is 7.11 Å². The first-order chi connectivity index (χ1) is 9.61. The van der Waals surface area contributed by atoms with Gasteiger partial charge in [-0.15, -0.1) is 0 Å². The lowest BCUT2D eigenvalue weighted by molar-refractivity contribution is 0.188. The highest BCUT2D eigenvalue weighted by Gasteiger charge is 2.17. The van der Waals surface area contributed by atoms with E-state index >= 15 is 0 Å². The maximum Gasteiger partial charge on any atom is 0.243 e. The molecule has 0 amide bonds. The number of hydrogen-bond acceptors (Lipinski definition) is 5. The molecule has 2 N–H and O–H groups in total. The molecule has 2 aromatic rings. The maximum absolute atomic E-state index is 13.0. The molecule has 0 radical (unpaired) electrons. The first-order valence-corrected chi connectivity index (χ1v) is 6.53. The minimum absolute atomic E-state index is 0.227. The van der Waals surface area contributed by atoms with E-state index in [2.05, 4.69) is 10.1 Å². The van der Waals surface area contributed by atoms with Gasteiger partial charge < -0.3 is 15.0 Å². The molecule has 20 heavy (non-hydrogen) atoms. The summed E-state index contributed by atoms with van der Waals surface area (Å²) in [6.45, 7) is 0.623. The second-order valence-electron chi connectivity index (χ2n) is 4.32. The van der Waals surface area contributed by atoms with Gasteiger partial charge in [-0.3, -0.25) is 0 Å². The van der Waals surface area contributed by atoms with Gasteiger partial charge in [0.05, 0.1) is 11.1 Å². The van der Waals surface area contributed by atoms with Crippen LogP contribution in [-0.2, 0) is 4.74 Å². The van der Waals surface area contributed by atoms with Gasteiger partial charge in [-0.05, 0) is 31.0 Å². The topological polar surface area (TPSA) is 74.2 Å². The van der Waals surface area contributed by atoms with Crippen LogP contribution in [0.1, 0.15) is 24.8 Å². The van der Waals surface area contributed by atoms with Crippen LogP contribution >= 0.6 is 11.6 Å². The summed E-state index contributed by atoms with van der Waals surface area (Å²) in [4.78, 5) is 4.20. The first-order valence-electron chi connectivity index (χ1n) is 6.15. The molecule has 108 valence electrons. The maximum atomic E-state index is 13.0. The number of benzene rings is 1. The number of hydrogen-bond donors (Lipinski definition) is 1. The van der Waals surface area contributed by atoms with Gasteiger partial charge in [-0.1, -0.05) is 16.8 Å². The van der Waals surface area contributed by atoms with E-state index < -0.39 is 5.82 Å². The van der Waals surface area contributed by atoms with E-state index in [0.717, 1.165) is 6.42 Å². The summed E-state index contributed by atoms with van der Waals surface area (Å²) in [6, 6.07) is 3.63. The molecule has 1 atom stereocenters. The SMILES string of the molecule is COCCCC(N)c1nc(-c2ccc(F)cc2Cl)no1. The third-order valence-electron chi connectivity index (χ3n) is 2.79. The van der Waals surface area contributed by atoms with Crippen molar-refractivity contribution in [3.8, 4) is 11.4 Å².